The van der Waals surface area contributed by atoms with Crippen molar-refractivity contribution in [1.82, 2.24) is 4.98 Å². The molecule has 1 heterocycles. The number of nitrogens with zero attached hydrogens (tertiary/aromatic N) is 1. The van der Waals surface area contributed by atoms with Gasteiger partial charge in [-0.15, -0.1) is 11.3 Å². The molecule has 0 spiro atoms. The molecule has 1 aliphatic rings. The molecule has 8 heteroatoms. The molecule has 0 radical (unpaired) electrons. The summed E-state index contributed by atoms with van der Waals surface area (Å²) >= 11 is 1.27. The zero-order valence-corrected chi connectivity index (χ0v) is 14.2. The number of benzene rings is 1. The van der Waals surface area contributed by atoms with Gasteiger partial charge in [-0.1, -0.05) is 18.2 Å². The molecule has 1 aromatic carbocycles. The van der Waals surface area contributed by atoms with E-state index in [0.717, 1.165) is 29.9 Å². The van der Waals surface area contributed by atoms with E-state index in [1.54, 1.807) is 12.3 Å². The summed E-state index contributed by atoms with van der Waals surface area (Å²) in [5.41, 5.74) is 5.70. The lowest BCUT2D eigenvalue weighted by atomic mass is 10.1. The largest absolute Gasteiger partial charge is 0.416 e. The maximum Gasteiger partial charge on any atom is 0.416 e. The van der Waals surface area contributed by atoms with E-state index in [-0.39, 0.29) is 17.9 Å². The standard InChI is InChI=1S/C17H18F3N3OS/c18-17(19,20)12-3-1-2-10(6-12)7-14-9-22-16(25-14)23-15(24)11-4-5-13(21)8-11/h1-3,6,9,11,13H,4-5,7-8,21H2,(H,22,23,24). The molecule has 134 valence electrons. The first kappa shape index (κ1) is 17.9. The highest BCUT2D eigenvalue weighted by atomic mass is 32.1. The van der Waals surface area contributed by atoms with Crippen LogP contribution in [0.15, 0.2) is 30.5 Å². The van der Waals surface area contributed by atoms with E-state index in [4.69, 9.17) is 5.73 Å². The molecule has 3 rings (SSSR count). The zero-order chi connectivity index (χ0) is 18.0. The van der Waals surface area contributed by atoms with Gasteiger partial charge in [0.25, 0.3) is 0 Å². The van der Waals surface area contributed by atoms with Crippen LogP contribution in [-0.2, 0) is 17.4 Å². The topological polar surface area (TPSA) is 68.0 Å². The second kappa shape index (κ2) is 7.13. The second-order valence-corrected chi connectivity index (χ2v) is 7.38. The molecule has 25 heavy (non-hydrogen) atoms. The van der Waals surface area contributed by atoms with Crippen LogP contribution in [0.3, 0.4) is 0 Å². The predicted molar refractivity (Wildman–Crippen MR) is 90.3 cm³/mol. The van der Waals surface area contributed by atoms with Crippen LogP contribution in [0.5, 0.6) is 0 Å². The average molecular weight is 369 g/mol. The van der Waals surface area contributed by atoms with Crippen molar-refractivity contribution in [3.05, 3.63) is 46.5 Å². The van der Waals surface area contributed by atoms with E-state index in [9.17, 15) is 18.0 Å². The number of rotatable bonds is 4. The third-order valence-corrected chi connectivity index (χ3v) is 5.17. The van der Waals surface area contributed by atoms with Crippen molar-refractivity contribution in [1.29, 1.82) is 0 Å². The molecule has 2 atom stereocenters. The number of nitrogens with two attached hydrogens (primary N) is 1. The van der Waals surface area contributed by atoms with Gasteiger partial charge in [0, 0.05) is 29.5 Å². The second-order valence-electron chi connectivity index (χ2n) is 6.27. The van der Waals surface area contributed by atoms with Crippen LogP contribution in [-0.4, -0.2) is 16.9 Å². The lowest BCUT2D eigenvalue weighted by Gasteiger charge is -2.08. The summed E-state index contributed by atoms with van der Waals surface area (Å²) in [6, 6.07) is 5.30. The monoisotopic (exact) mass is 369 g/mol. The summed E-state index contributed by atoms with van der Waals surface area (Å²) < 4.78 is 38.3. The molecule has 3 N–H and O–H groups in total. The van der Waals surface area contributed by atoms with Crippen LogP contribution in [0.25, 0.3) is 0 Å². The quantitative estimate of drug-likeness (QED) is 0.861. The molecule has 0 bridgehead atoms. The molecule has 2 aromatic rings. The summed E-state index contributed by atoms with van der Waals surface area (Å²) in [6.45, 7) is 0. The molecule has 1 amide bonds. The van der Waals surface area contributed by atoms with Crippen molar-refractivity contribution in [3.8, 4) is 0 Å². The number of halogens is 3. The number of nitrogens with one attached hydrogen (secondary N) is 1. The predicted octanol–water partition coefficient (Wildman–Crippen LogP) is 3.82. The van der Waals surface area contributed by atoms with E-state index in [1.165, 1.54) is 17.4 Å². The number of amides is 1. The van der Waals surface area contributed by atoms with Gasteiger partial charge >= 0.3 is 6.18 Å². The Morgan fingerprint density at radius 1 is 1.36 bits per heavy atom. The van der Waals surface area contributed by atoms with Crippen molar-refractivity contribution in [2.45, 2.75) is 37.9 Å². The maximum absolute atomic E-state index is 12.8. The third kappa shape index (κ3) is 4.58. The molecular formula is C17H18F3N3OS. The van der Waals surface area contributed by atoms with Crippen molar-refractivity contribution in [3.63, 3.8) is 0 Å². The first-order valence-electron chi connectivity index (χ1n) is 7.98. The SMILES string of the molecule is NC1CCC(C(=O)Nc2ncc(Cc3cccc(C(F)(F)F)c3)s2)C1. The minimum Gasteiger partial charge on any atom is -0.328 e. The minimum absolute atomic E-state index is 0.0727. The normalized spacial score (nSPS) is 20.6. The maximum atomic E-state index is 12.8. The van der Waals surface area contributed by atoms with Gasteiger partial charge < -0.3 is 11.1 Å². The average Bonchev–Trinajstić information content (AvgIpc) is 3.16. The zero-order valence-electron chi connectivity index (χ0n) is 13.3. The number of aromatic nitrogens is 1. The van der Waals surface area contributed by atoms with Crippen LogP contribution in [0.1, 0.15) is 35.3 Å². The first-order valence-corrected chi connectivity index (χ1v) is 8.80. The van der Waals surface area contributed by atoms with Crippen LogP contribution >= 0.6 is 11.3 Å². The van der Waals surface area contributed by atoms with Crippen molar-refractivity contribution in [2.75, 3.05) is 5.32 Å². The molecule has 1 aromatic heterocycles. The Balaban J connectivity index is 1.63. The Bertz CT molecular complexity index is 760. The summed E-state index contributed by atoms with van der Waals surface area (Å²) in [4.78, 5) is 17.1. The summed E-state index contributed by atoms with van der Waals surface area (Å²) in [7, 11) is 0. The van der Waals surface area contributed by atoms with E-state index in [2.05, 4.69) is 10.3 Å². The summed E-state index contributed by atoms with van der Waals surface area (Å²) in [5, 5.41) is 3.24. The number of anilines is 1. The Hall–Kier alpha value is -1.93. The molecule has 0 saturated heterocycles. The molecular weight excluding hydrogens is 351 g/mol. The van der Waals surface area contributed by atoms with Crippen molar-refractivity contribution < 1.29 is 18.0 Å². The van der Waals surface area contributed by atoms with Crippen LogP contribution in [0.2, 0.25) is 0 Å². The van der Waals surface area contributed by atoms with Gasteiger partial charge in [-0.25, -0.2) is 4.98 Å². The molecule has 1 fully saturated rings. The van der Waals surface area contributed by atoms with Gasteiger partial charge in [0.1, 0.15) is 0 Å². The van der Waals surface area contributed by atoms with Crippen LogP contribution in [0.4, 0.5) is 18.3 Å². The number of thiazole rings is 1. The van der Waals surface area contributed by atoms with E-state index in [1.807, 2.05) is 0 Å². The van der Waals surface area contributed by atoms with Gasteiger partial charge in [-0.3, -0.25) is 4.79 Å². The van der Waals surface area contributed by atoms with Crippen LogP contribution < -0.4 is 11.1 Å². The lowest BCUT2D eigenvalue weighted by Crippen LogP contribution is -2.23. The third-order valence-electron chi connectivity index (χ3n) is 4.26. The van der Waals surface area contributed by atoms with Crippen LogP contribution in [0, 0.1) is 5.92 Å². The highest BCUT2D eigenvalue weighted by molar-refractivity contribution is 7.15. The fourth-order valence-corrected chi connectivity index (χ4v) is 3.82. The van der Waals surface area contributed by atoms with E-state index >= 15 is 0 Å². The number of carbonyl (C=O) groups is 1. The van der Waals surface area contributed by atoms with E-state index < -0.39 is 11.7 Å². The first-order chi connectivity index (χ1) is 11.8. The van der Waals surface area contributed by atoms with Crippen molar-refractivity contribution >= 4 is 22.4 Å². The highest BCUT2D eigenvalue weighted by Crippen LogP contribution is 2.31. The van der Waals surface area contributed by atoms with Crippen molar-refractivity contribution in [2.24, 2.45) is 11.7 Å². The molecule has 0 aliphatic heterocycles. The van der Waals surface area contributed by atoms with Gasteiger partial charge in [0.05, 0.1) is 5.56 Å². The molecule has 1 saturated carbocycles. The van der Waals surface area contributed by atoms with Gasteiger partial charge in [0.15, 0.2) is 5.13 Å². The smallest absolute Gasteiger partial charge is 0.328 e. The Kier molecular flexibility index (Phi) is 5.10. The number of hydrogen-bond donors (Lipinski definition) is 2. The van der Waals surface area contributed by atoms with Gasteiger partial charge in [0.2, 0.25) is 5.91 Å². The summed E-state index contributed by atoms with van der Waals surface area (Å²) in [5.74, 6) is -0.182. The molecule has 4 nitrogen and oxygen atoms in total. The Morgan fingerprint density at radius 3 is 2.84 bits per heavy atom. The van der Waals surface area contributed by atoms with Gasteiger partial charge in [-0.05, 0) is 30.9 Å². The number of carbonyl (C=O) groups excluding carboxylic acids is 1. The highest BCUT2D eigenvalue weighted by Gasteiger charge is 2.30. The number of hydrogen-bond acceptors (Lipinski definition) is 4. The Labute approximate surface area is 147 Å². The number of alkyl halides is 3. The molecule has 2 unspecified atom stereocenters. The van der Waals surface area contributed by atoms with E-state index in [0.29, 0.717) is 23.5 Å². The summed E-state index contributed by atoms with van der Waals surface area (Å²) in [6.07, 6.45) is -0.141. The fraction of sp³-hybridized carbons (Fsp3) is 0.412. The Morgan fingerprint density at radius 2 is 2.16 bits per heavy atom. The minimum atomic E-state index is -4.36. The lowest BCUT2D eigenvalue weighted by molar-refractivity contribution is -0.137. The molecule has 1 aliphatic carbocycles. The van der Waals surface area contributed by atoms with Gasteiger partial charge in [-0.2, -0.15) is 13.2 Å². The fourth-order valence-electron chi connectivity index (χ4n) is 2.97.